The topological polar surface area (TPSA) is 76.0 Å². The maximum Gasteiger partial charge on any atom is 0.167 e. The van der Waals surface area contributed by atoms with Gasteiger partial charge in [-0.3, -0.25) is 4.79 Å². The molecule has 5 heteroatoms. The monoisotopic (exact) mass is 274 g/mol. The predicted octanol–water partition coefficient (Wildman–Crippen LogP) is 0.911. The third-order valence-electron chi connectivity index (χ3n) is 3.64. The molecule has 1 saturated carbocycles. The van der Waals surface area contributed by atoms with Gasteiger partial charge in [-0.1, -0.05) is 0 Å². The Labute approximate surface area is 114 Å². The molecule has 0 heterocycles. The molecule has 0 radical (unpaired) electrons. The highest BCUT2D eigenvalue weighted by atomic mass is 16.5. The first kappa shape index (κ1) is 16.6. The Hall–Kier alpha value is -0.490. The molecular formula is C14H26O5. The van der Waals surface area contributed by atoms with Crippen LogP contribution in [0.4, 0.5) is 0 Å². The number of rotatable bonds is 8. The fourth-order valence-electron chi connectivity index (χ4n) is 2.57. The van der Waals surface area contributed by atoms with Crippen molar-refractivity contribution in [3.63, 3.8) is 0 Å². The average Bonchev–Trinajstić information content (AvgIpc) is 2.42. The first-order chi connectivity index (χ1) is 9.01. The summed E-state index contributed by atoms with van der Waals surface area (Å²) in [5.41, 5.74) is -0.827. The zero-order valence-electron chi connectivity index (χ0n) is 11.9. The lowest BCUT2D eigenvalue weighted by Gasteiger charge is -2.33. The highest BCUT2D eigenvalue weighted by Gasteiger charge is 2.36. The van der Waals surface area contributed by atoms with Crippen molar-refractivity contribution in [2.45, 2.75) is 51.2 Å². The summed E-state index contributed by atoms with van der Waals surface area (Å²) >= 11 is 0. The molecule has 0 aromatic carbocycles. The lowest BCUT2D eigenvalue weighted by Crippen LogP contribution is -2.42. The van der Waals surface area contributed by atoms with E-state index >= 15 is 0 Å². The van der Waals surface area contributed by atoms with Crippen LogP contribution in [0.1, 0.15) is 39.5 Å². The van der Waals surface area contributed by atoms with Gasteiger partial charge in [-0.15, -0.1) is 0 Å². The molecule has 5 nitrogen and oxygen atoms in total. The van der Waals surface area contributed by atoms with Crippen molar-refractivity contribution in [3.8, 4) is 0 Å². The van der Waals surface area contributed by atoms with Crippen LogP contribution in [0.2, 0.25) is 0 Å². The minimum absolute atomic E-state index is 0.0164. The van der Waals surface area contributed by atoms with E-state index in [0.29, 0.717) is 6.61 Å². The number of aliphatic hydroxyl groups is 2. The molecule has 0 saturated heterocycles. The van der Waals surface area contributed by atoms with Crippen molar-refractivity contribution < 1.29 is 24.5 Å². The molecule has 0 spiro atoms. The van der Waals surface area contributed by atoms with Crippen LogP contribution < -0.4 is 0 Å². The Morgan fingerprint density at radius 3 is 2.21 bits per heavy atom. The smallest absolute Gasteiger partial charge is 0.167 e. The molecule has 112 valence electrons. The SMILES string of the molecule is CC(C)(OCCO)C(=O)C1CCC(OCCO)CC1. The first-order valence-electron chi connectivity index (χ1n) is 7.03. The van der Waals surface area contributed by atoms with E-state index in [9.17, 15) is 4.79 Å². The first-order valence-corrected chi connectivity index (χ1v) is 7.03. The zero-order valence-corrected chi connectivity index (χ0v) is 11.9. The van der Waals surface area contributed by atoms with E-state index in [1.54, 1.807) is 13.8 Å². The van der Waals surface area contributed by atoms with E-state index in [1.807, 2.05) is 0 Å². The van der Waals surface area contributed by atoms with Gasteiger partial charge in [-0.25, -0.2) is 0 Å². The maximum atomic E-state index is 12.4. The summed E-state index contributed by atoms with van der Waals surface area (Å²) in [6.45, 7) is 4.06. The van der Waals surface area contributed by atoms with Crippen molar-refractivity contribution in [1.82, 2.24) is 0 Å². The van der Waals surface area contributed by atoms with Crippen LogP contribution in [0, 0.1) is 5.92 Å². The van der Waals surface area contributed by atoms with Gasteiger partial charge in [0.2, 0.25) is 0 Å². The molecule has 1 fully saturated rings. The van der Waals surface area contributed by atoms with Gasteiger partial charge in [0.25, 0.3) is 0 Å². The Bertz CT molecular complexity index is 269. The Morgan fingerprint density at radius 2 is 1.68 bits per heavy atom. The number of hydrogen-bond donors (Lipinski definition) is 2. The molecule has 0 bridgehead atoms. The quantitative estimate of drug-likeness (QED) is 0.688. The van der Waals surface area contributed by atoms with Gasteiger partial charge in [-0.05, 0) is 39.5 Å². The van der Waals surface area contributed by atoms with Crippen molar-refractivity contribution >= 4 is 5.78 Å². The van der Waals surface area contributed by atoms with Crippen LogP contribution in [0.5, 0.6) is 0 Å². The standard InChI is InChI=1S/C14H26O5/c1-14(2,19-10-8-16)13(17)11-3-5-12(6-4-11)18-9-7-15/h11-12,15-16H,3-10H2,1-2H3. The largest absolute Gasteiger partial charge is 0.394 e. The molecule has 0 aromatic heterocycles. The van der Waals surface area contributed by atoms with Crippen LogP contribution in [0.15, 0.2) is 0 Å². The molecule has 0 unspecified atom stereocenters. The molecule has 1 aliphatic carbocycles. The Kier molecular flexibility index (Phi) is 6.93. The maximum absolute atomic E-state index is 12.4. The van der Waals surface area contributed by atoms with Gasteiger partial charge in [0.15, 0.2) is 5.78 Å². The van der Waals surface area contributed by atoms with Crippen LogP contribution in [0.25, 0.3) is 0 Å². The lowest BCUT2D eigenvalue weighted by molar-refractivity contribution is -0.147. The van der Waals surface area contributed by atoms with Crippen LogP contribution in [-0.2, 0) is 14.3 Å². The molecule has 0 amide bonds. The second kappa shape index (κ2) is 7.94. The van der Waals surface area contributed by atoms with E-state index < -0.39 is 5.60 Å². The van der Waals surface area contributed by atoms with Gasteiger partial charge in [0, 0.05) is 5.92 Å². The van der Waals surface area contributed by atoms with Gasteiger partial charge in [-0.2, -0.15) is 0 Å². The fourth-order valence-corrected chi connectivity index (χ4v) is 2.57. The second-order valence-electron chi connectivity index (χ2n) is 5.51. The van der Waals surface area contributed by atoms with Crippen molar-refractivity contribution in [2.75, 3.05) is 26.4 Å². The third kappa shape index (κ3) is 5.18. The fraction of sp³-hybridized carbons (Fsp3) is 0.929. The number of aliphatic hydroxyl groups excluding tert-OH is 2. The molecule has 0 aromatic rings. The average molecular weight is 274 g/mol. The number of hydrogen-bond acceptors (Lipinski definition) is 5. The number of ether oxygens (including phenoxy) is 2. The third-order valence-corrected chi connectivity index (χ3v) is 3.64. The van der Waals surface area contributed by atoms with Gasteiger partial charge >= 0.3 is 0 Å². The Balaban J connectivity index is 2.39. The number of carbonyl (C=O) groups is 1. The highest BCUT2D eigenvalue weighted by molar-refractivity contribution is 5.88. The van der Waals surface area contributed by atoms with Crippen molar-refractivity contribution in [3.05, 3.63) is 0 Å². The number of carbonyl (C=O) groups excluding carboxylic acids is 1. The summed E-state index contributed by atoms with van der Waals surface area (Å²) in [5.74, 6) is 0.129. The van der Waals surface area contributed by atoms with E-state index in [0.717, 1.165) is 25.7 Å². The van der Waals surface area contributed by atoms with Crippen LogP contribution in [0.3, 0.4) is 0 Å². The summed E-state index contributed by atoms with van der Waals surface area (Å²) < 4.78 is 10.9. The minimum Gasteiger partial charge on any atom is -0.394 e. The van der Waals surface area contributed by atoms with Crippen LogP contribution in [-0.4, -0.2) is 54.1 Å². The summed E-state index contributed by atoms with van der Waals surface area (Å²) in [4.78, 5) is 12.4. The normalized spacial score (nSPS) is 24.4. The van der Waals surface area contributed by atoms with Gasteiger partial charge in [0.05, 0.1) is 32.5 Å². The molecule has 2 N–H and O–H groups in total. The summed E-state index contributed by atoms with van der Waals surface area (Å²) in [6, 6.07) is 0. The van der Waals surface area contributed by atoms with E-state index in [2.05, 4.69) is 0 Å². The van der Waals surface area contributed by atoms with Gasteiger partial charge in [0.1, 0.15) is 5.60 Å². The number of ketones is 1. The number of Topliss-reactive ketones (excluding diaryl/α,β-unsaturated/α-hetero) is 1. The Morgan fingerprint density at radius 1 is 1.11 bits per heavy atom. The summed E-state index contributed by atoms with van der Waals surface area (Å²) in [5, 5.41) is 17.5. The molecule has 0 atom stereocenters. The zero-order chi connectivity index (χ0) is 14.3. The van der Waals surface area contributed by atoms with E-state index in [1.165, 1.54) is 0 Å². The van der Waals surface area contributed by atoms with Crippen molar-refractivity contribution in [1.29, 1.82) is 0 Å². The van der Waals surface area contributed by atoms with E-state index in [-0.39, 0.29) is 37.6 Å². The molecule has 19 heavy (non-hydrogen) atoms. The second-order valence-corrected chi connectivity index (χ2v) is 5.51. The molecule has 0 aliphatic heterocycles. The molecule has 1 rings (SSSR count). The van der Waals surface area contributed by atoms with Gasteiger partial charge < -0.3 is 19.7 Å². The van der Waals surface area contributed by atoms with Crippen LogP contribution >= 0.6 is 0 Å². The predicted molar refractivity (Wildman–Crippen MR) is 70.9 cm³/mol. The lowest BCUT2D eigenvalue weighted by atomic mass is 9.80. The molecule has 1 aliphatic rings. The van der Waals surface area contributed by atoms with E-state index in [4.69, 9.17) is 19.7 Å². The highest BCUT2D eigenvalue weighted by Crippen LogP contribution is 2.30. The summed E-state index contributed by atoms with van der Waals surface area (Å²) in [7, 11) is 0. The molecular weight excluding hydrogens is 248 g/mol. The summed E-state index contributed by atoms with van der Waals surface area (Å²) in [6.07, 6.45) is 3.48. The minimum atomic E-state index is -0.827. The van der Waals surface area contributed by atoms with Crippen molar-refractivity contribution in [2.24, 2.45) is 5.92 Å².